The van der Waals surface area contributed by atoms with Crippen LogP contribution < -0.4 is 10.6 Å². The summed E-state index contributed by atoms with van der Waals surface area (Å²) in [5, 5.41) is 16.4. The van der Waals surface area contributed by atoms with Gasteiger partial charge in [0.15, 0.2) is 5.60 Å². The van der Waals surface area contributed by atoms with Gasteiger partial charge in [0, 0.05) is 39.6 Å². The summed E-state index contributed by atoms with van der Waals surface area (Å²) in [5.41, 5.74) is 0.872. The lowest BCUT2D eigenvalue weighted by Gasteiger charge is -2.38. The number of amides is 2. The number of nitrogens with zero attached hydrogens (tertiary/aromatic N) is 1. The molecule has 2 rings (SSSR count). The van der Waals surface area contributed by atoms with Crippen LogP contribution in [0.5, 0.6) is 0 Å². The number of likely N-dealkylation sites (tertiary alicyclic amines) is 1. The van der Waals surface area contributed by atoms with Crippen molar-refractivity contribution in [2.24, 2.45) is 0 Å². The molecule has 0 bridgehead atoms. The Hall–Kier alpha value is -1.92. The van der Waals surface area contributed by atoms with Gasteiger partial charge in [-0.1, -0.05) is 29.8 Å². The van der Waals surface area contributed by atoms with Crippen molar-refractivity contribution >= 4 is 11.8 Å². The van der Waals surface area contributed by atoms with Crippen molar-refractivity contribution in [2.75, 3.05) is 26.2 Å². The van der Waals surface area contributed by atoms with Gasteiger partial charge < -0.3 is 20.6 Å². The third-order valence-corrected chi connectivity index (χ3v) is 4.25. The Morgan fingerprint density at radius 3 is 2.88 bits per heavy atom. The van der Waals surface area contributed by atoms with Crippen LogP contribution in [0.3, 0.4) is 0 Å². The van der Waals surface area contributed by atoms with Gasteiger partial charge in [0.1, 0.15) is 0 Å². The fourth-order valence-electron chi connectivity index (χ4n) is 3.03. The fourth-order valence-corrected chi connectivity index (χ4v) is 3.03. The number of rotatable bonds is 7. The van der Waals surface area contributed by atoms with Crippen LogP contribution in [0.4, 0.5) is 0 Å². The van der Waals surface area contributed by atoms with Crippen LogP contribution in [-0.4, -0.2) is 53.6 Å². The zero-order chi connectivity index (χ0) is 17.6. The third-order valence-electron chi connectivity index (χ3n) is 4.25. The van der Waals surface area contributed by atoms with Crippen LogP contribution in [0.1, 0.15) is 30.9 Å². The molecule has 1 aromatic carbocycles. The number of piperidine rings is 1. The van der Waals surface area contributed by atoms with Crippen LogP contribution in [0.25, 0.3) is 0 Å². The van der Waals surface area contributed by atoms with Crippen molar-refractivity contribution < 1.29 is 14.7 Å². The molecule has 1 heterocycles. The van der Waals surface area contributed by atoms with E-state index in [-0.39, 0.29) is 18.4 Å². The zero-order valence-electron chi connectivity index (χ0n) is 14.5. The molecule has 0 aliphatic carbocycles. The first-order chi connectivity index (χ1) is 11.4. The Morgan fingerprint density at radius 2 is 2.17 bits per heavy atom. The summed E-state index contributed by atoms with van der Waals surface area (Å²) in [6.07, 6.45) is 1.24. The molecule has 0 radical (unpaired) electrons. The average Bonchev–Trinajstić information content (AvgIpc) is 2.51. The Morgan fingerprint density at radius 1 is 1.38 bits per heavy atom. The van der Waals surface area contributed by atoms with E-state index in [4.69, 9.17) is 0 Å². The van der Waals surface area contributed by atoms with Crippen molar-refractivity contribution in [1.29, 1.82) is 0 Å². The van der Waals surface area contributed by atoms with E-state index in [1.165, 1.54) is 6.92 Å². The number of hydrogen-bond donors (Lipinski definition) is 3. The molecule has 0 spiro atoms. The first-order valence-corrected chi connectivity index (χ1v) is 8.43. The predicted octanol–water partition coefficient (Wildman–Crippen LogP) is 0.574. The quantitative estimate of drug-likeness (QED) is 0.638. The van der Waals surface area contributed by atoms with E-state index < -0.39 is 5.60 Å². The first-order valence-electron chi connectivity index (χ1n) is 8.43. The molecule has 6 heteroatoms. The second-order valence-corrected chi connectivity index (χ2v) is 6.51. The molecule has 1 atom stereocenters. The molecular weight excluding hydrogens is 306 g/mol. The molecule has 6 nitrogen and oxygen atoms in total. The number of carbonyl (C=O) groups excluding carboxylic acids is 2. The molecule has 1 aromatic rings. The van der Waals surface area contributed by atoms with E-state index in [2.05, 4.69) is 16.7 Å². The summed E-state index contributed by atoms with van der Waals surface area (Å²) < 4.78 is 0. The van der Waals surface area contributed by atoms with Gasteiger partial charge in [0.25, 0.3) is 5.91 Å². The molecule has 3 N–H and O–H groups in total. The Bertz CT molecular complexity index is 591. The average molecular weight is 333 g/mol. The van der Waals surface area contributed by atoms with Gasteiger partial charge in [-0.15, -0.1) is 0 Å². The maximum Gasteiger partial charge on any atom is 0.256 e. The second-order valence-electron chi connectivity index (χ2n) is 6.51. The minimum atomic E-state index is -1.36. The van der Waals surface area contributed by atoms with Gasteiger partial charge in [0.2, 0.25) is 5.91 Å². The standard InChI is InChI=1S/C18H27N3O3/c1-14-5-3-6-16(11-14)12-21-10-4-7-18(24,17(21)23)13-19-8-9-20-15(2)22/h3,5-6,11,19,24H,4,7-10,12-13H2,1-2H3,(H,20,22). The molecule has 2 amide bonds. The summed E-state index contributed by atoms with van der Waals surface area (Å²) in [6.45, 7) is 5.88. The van der Waals surface area contributed by atoms with Gasteiger partial charge in [0.05, 0.1) is 0 Å². The highest BCUT2D eigenvalue weighted by Gasteiger charge is 2.41. The van der Waals surface area contributed by atoms with Crippen molar-refractivity contribution in [3.63, 3.8) is 0 Å². The second kappa shape index (κ2) is 8.26. The van der Waals surface area contributed by atoms with Crippen LogP contribution in [-0.2, 0) is 16.1 Å². The van der Waals surface area contributed by atoms with Crippen molar-refractivity contribution in [1.82, 2.24) is 15.5 Å². The Kier molecular flexibility index (Phi) is 6.34. The lowest BCUT2D eigenvalue weighted by molar-refractivity contribution is -0.157. The number of carbonyl (C=O) groups is 2. The number of hydrogen-bond acceptors (Lipinski definition) is 4. The minimum absolute atomic E-state index is 0.0893. The molecular formula is C18H27N3O3. The molecule has 0 saturated carbocycles. The Labute approximate surface area is 143 Å². The highest BCUT2D eigenvalue weighted by Crippen LogP contribution is 2.23. The summed E-state index contributed by atoms with van der Waals surface area (Å²) in [7, 11) is 0. The minimum Gasteiger partial charge on any atom is -0.379 e. The van der Waals surface area contributed by atoms with E-state index >= 15 is 0 Å². The molecule has 1 aliphatic rings. The van der Waals surface area contributed by atoms with Gasteiger partial charge >= 0.3 is 0 Å². The van der Waals surface area contributed by atoms with Crippen LogP contribution in [0.15, 0.2) is 24.3 Å². The smallest absolute Gasteiger partial charge is 0.256 e. The molecule has 1 unspecified atom stereocenters. The molecule has 0 aromatic heterocycles. The largest absolute Gasteiger partial charge is 0.379 e. The van der Waals surface area contributed by atoms with Gasteiger partial charge in [-0.2, -0.15) is 0 Å². The molecule has 24 heavy (non-hydrogen) atoms. The lowest BCUT2D eigenvalue weighted by atomic mass is 9.91. The maximum absolute atomic E-state index is 12.7. The van der Waals surface area contributed by atoms with Gasteiger partial charge in [-0.05, 0) is 25.3 Å². The van der Waals surface area contributed by atoms with E-state index in [0.29, 0.717) is 32.6 Å². The normalized spacial score (nSPS) is 21.0. The molecule has 132 valence electrons. The summed E-state index contributed by atoms with van der Waals surface area (Å²) in [4.78, 5) is 25.2. The van der Waals surface area contributed by atoms with Gasteiger partial charge in [-0.3, -0.25) is 9.59 Å². The van der Waals surface area contributed by atoms with E-state index in [1.54, 1.807) is 4.90 Å². The Balaban J connectivity index is 1.89. The van der Waals surface area contributed by atoms with E-state index in [1.807, 2.05) is 25.1 Å². The highest BCUT2D eigenvalue weighted by atomic mass is 16.3. The number of aryl methyl sites for hydroxylation is 1. The van der Waals surface area contributed by atoms with Crippen molar-refractivity contribution in [2.45, 2.75) is 38.8 Å². The molecule has 1 fully saturated rings. The number of benzene rings is 1. The summed E-state index contributed by atoms with van der Waals surface area (Å²) in [5.74, 6) is -0.309. The van der Waals surface area contributed by atoms with Gasteiger partial charge in [-0.25, -0.2) is 0 Å². The van der Waals surface area contributed by atoms with Crippen LogP contribution in [0.2, 0.25) is 0 Å². The topological polar surface area (TPSA) is 81.7 Å². The fraction of sp³-hybridized carbons (Fsp3) is 0.556. The SMILES string of the molecule is CC(=O)NCCNCC1(O)CCCN(Cc2cccc(C)c2)C1=O. The van der Waals surface area contributed by atoms with Crippen molar-refractivity contribution in [3.8, 4) is 0 Å². The molecule has 1 saturated heterocycles. The summed E-state index contributed by atoms with van der Waals surface area (Å²) in [6, 6.07) is 8.07. The molecule has 1 aliphatic heterocycles. The number of nitrogens with one attached hydrogen (secondary N) is 2. The van der Waals surface area contributed by atoms with Crippen LogP contribution in [0, 0.1) is 6.92 Å². The third kappa shape index (κ3) is 5.04. The number of aliphatic hydroxyl groups is 1. The zero-order valence-corrected chi connectivity index (χ0v) is 14.5. The maximum atomic E-state index is 12.7. The highest BCUT2D eigenvalue weighted by molar-refractivity contribution is 5.86. The monoisotopic (exact) mass is 333 g/mol. The predicted molar refractivity (Wildman–Crippen MR) is 92.3 cm³/mol. The lowest BCUT2D eigenvalue weighted by Crippen LogP contribution is -2.58. The van der Waals surface area contributed by atoms with Crippen LogP contribution >= 0.6 is 0 Å². The van der Waals surface area contributed by atoms with E-state index in [9.17, 15) is 14.7 Å². The summed E-state index contributed by atoms with van der Waals surface area (Å²) >= 11 is 0. The van der Waals surface area contributed by atoms with E-state index in [0.717, 1.165) is 17.5 Å². The first kappa shape index (κ1) is 18.4. The van der Waals surface area contributed by atoms with Crippen molar-refractivity contribution in [3.05, 3.63) is 35.4 Å².